The third kappa shape index (κ3) is 9.48. The topological polar surface area (TPSA) is 35.5 Å². The third-order valence-corrected chi connectivity index (χ3v) is 0.671. The second-order valence-corrected chi connectivity index (χ2v) is 1.71. The molecule has 3 nitrogen and oxygen atoms in total. The van der Waals surface area contributed by atoms with Crippen LogP contribution in [0.3, 0.4) is 0 Å². The minimum atomic E-state index is 0. The largest absolute Gasteiger partial charge is 0.317 e. The van der Waals surface area contributed by atoms with Crippen LogP contribution in [0.15, 0.2) is 0 Å². The highest BCUT2D eigenvalue weighted by atomic mass is 35.5. The summed E-state index contributed by atoms with van der Waals surface area (Å²) in [7, 11) is 3.91. The van der Waals surface area contributed by atoms with Crippen molar-refractivity contribution in [2.75, 3.05) is 27.2 Å². The number of nitrogens with zero attached hydrogens (tertiary/aromatic N) is 1. The Hall–Kier alpha value is 0.170. The molecule has 0 spiro atoms. The molecule has 0 aromatic heterocycles. The fourth-order valence-electron chi connectivity index (χ4n) is 0.274. The van der Waals surface area contributed by atoms with Crippen molar-refractivity contribution in [3.05, 3.63) is 0 Å². The summed E-state index contributed by atoms with van der Waals surface area (Å²) in [6, 6.07) is 0. The molecule has 0 amide bonds. The zero-order valence-corrected chi connectivity index (χ0v) is 6.03. The molecule has 0 aliphatic carbocycles. The van der Waals surface area contributed by atoms with Crippen molar-refractivity contribution in [3.8, 4) is 0 Å². The van der Waals surface area contributed by atoms with E-state index in [0.717, 1.165) is 6.54 Å². The van der Waals surface area contributed by atoms with Gasteiger partial charge in [0.1, 0.15) is 0 Å². The second kappa shape index (κ2) is 7.17. The zero-order chi connectivity index (χ0) is 5.70. The highest BCUT2D eigenvalue weighted by Gasteiger charge is 1.83. The SMILES string of the molecule is CN(C)CCNO.Cl. The Labute approximate surface area is 56.0 Å². The van der Waals surface area contributed by atoms with E-state index < -0.39 is 0 Å². The average molecular weight is 141 g/mol. The Morgan fingerprint density at radius 3 is 2.12 bits per heavy atom. The summed E-state index contributed by atoms with van der Waals surface area (Å²) in [6.45, 7) is 1.50. The van der Waals surface area contributed by atoms with Crippen molar-refractivity contribution in [1.29, 1.82) is 0 Å². The van der Waals surface area contributed by atoms with E-state index in [1.807, 2.05) is 19.0 Å². The van der Waals surface area contributed by atoms with Gasteiger partial charge in [0, 0.05) is 13.1 Å². The van der Waals surface area contributed by atoms with E-state index in [1.165, 1.54) is 0 Å². The second-order valence-electron chi connectivity index (χ2n) is 1.71. The van der Waals surface area contributed by atoms with Gasteiger partial charge in [0.25, 0.3) is 0 Å². The Balaban J connectivity index is 0. The lowest BCUT2D eigenvalue weighted by molar-refractivity contribution is 0.157. The van der Waals surface area contributed by atoms with Gasteiger partial charge in [-0.1, -0.05) is 0 Å². The van der Waals surface area contributed by atoms with Gasteiger partial charge in [0.15, 0.2) is 0 Å². The maximum atomic E-state index is 8.04. The van der Waals surface area contributed by atoms with Gasteiger partial charge in [-0.25, -0.2) is 5.48 Å². The van der Waals surface area contributed by atoms with Crippen molar-refractivity contribution in [2.45, 2.75) is 0 Å². The lowest BCUT2D eigenvalue weighted by atomic mass is 10.6. The Bertz CT molecular complexity index is 43.0. The van der Waals surface area contributed by atoms with Gasteiger partial charge in [0.2, 0.25) is 0 Å². The molecule has 0 unspecified atom stereocenters. The van der Waals surface area contributed by atoms with Gasteiger partial charge in [-0.15, -0.1) is 12.4 Å². The number of hydroxylamine groups is 1. The monoisotopic (exact) mass is 140 g/mol. The van der Waals surface area contributed by atoms with E-state index in [-0.39, 0.29) is 12.4 Å². The van der Waals surface area contributed by atoms with E-state index >= 15 is 0 Å². The summed E-state index contributed by atoms with van der Waals surface area (Å²) in [5.41, 5.74) is 2.06. The van der Waals surface area contributed by atoms with Crippen molar-refractivity contribution >= 4 is 12.4 Å². The molecule has 0 saturated heterocycles. The van der Waals surface area contributed by atoms with E-state index in [2.05, 4.69) is 5.48 Å². The van der Waals surface area contributed by atoms with Crippen LogP contribution in [0.4, 0.5) is 0 Å². The number of likely N-dealkylation sites (N-methyl/N-ethyl adjacent to an activating group) is 1. The molecule has 0 aromatic rings. The molecule has 0 atom stereocenters. The first-order valence-electron chi connectivity index (χ1n) is 2.29. The molecule has 2 N–H and O–H groups in total. The summed E-state index contributed by atoms with van der Waals surface area (Å²) in [4.78, 5) is 1.99. The first-order valence-corrected chi connectivity index (χ1v) is 2.29. The van der Waals surface area contributed by atoms with Gasteiger partial charge in [0.05, 0.1) is 0 Å². The van der Waals surface area contributed by atoms with Crippen molar-refractivity contribution in [2.24, 2.45) is 0 Å². The Kier molecular flexibility index (Phi) is 9.89. The first kappa shape index (κ1) is 11.0. The van der Waals surface area contributed by atoms with Crippen LogP contribution in [0.25, 0.3) is 0 Å². The summed E-state index contributed by atoms with van der Waals surface area (Å²) in [5.74, 6) is 0. The van der Waals surface area contributed by atoms with Crippen molar-refractivity contribution in [3.63, 3.8) is 0 Å². The van der Waals surface area contributed by atoms with E-state index in [4.69, 9.17) is 5.21 Å². The highest BCUT2D eigenvalue weighted by molar-refractivity contribution is 5.85. The van der Waals surface area contributed by atoms with E-state index in [0.29, 0.717) is 6.54 Å². The normalized spacial score (nSPS) is 9.00. The molecule has 0 saturated carbocycles. The molecule has 0 aliphatic heterocycles. The van der Waals surface area contributed by atoms with E-state index in [9.17, 15) is 0 Å². The summed E-state index contributed by atoms with van der Waals surface area (Å²) >= 11 is 0. The standard InChI is InChI=1S/C4H12N2O.ClH/c1-6(2)4-3-5-7;/h5,7H,3-4H2,1-2H3;1H. The molecule has 8 heavy (non-hydrogen) atoms. The minimum Gasteiger partial charge on any atom is -0.317 e. The molecule has 0 aromatic carbocycles. The van der Waals surface area contributed by atoms with Crippen LogP contribution in [-0.4, -0.2) is 37.3 Å². The molecule has 0 aliphatic rings. The molecule has 0 fully saturated rings. The average Bonchev–Trinajstić information content (AvgIpc) is 1.61. The van der Waals surface area contributed by atoms with Crippen molar-refractivity contribution < 1.29 is 5.21 Å². The Morgan fingerprint density at radius 2 is 2.00 bits per heavy atom. The van der Waals surface area contributed by atoms with Crippen LogP contribution in [-0.2, 0) is 0 Å². The van der Waals surface area contributed by atoms with Gasteiger partial charge in [-0.2, -0.15) is 0 Å². The predicted molar refractivity (Wildman–Crippen MR) is 35.6 cm³/mol. The van der Waals surface area contributed by atoms with Gasteiger partial charge in [-0.05, 0) is 14.1 Å². The lowest BCUT2D eigenvalue weighted by Gasteiger charge is -2.05. The van der Waals surface area contributed by atoms with Gasteiger partial charge >= 0.3 is 0 Å². The number of halogens is 1. The minimum absolute atomic E-state index is 0. The summed E-state index contributed by atoms with van der Waals surface area (Å²) in [5, 5.41) is 8.04. The molecule has 4 heteroatoms. The fourth-order valence-corrected chi connectivity index (χ4v) is 0.274. The highest BCUT2D eigenvalue weighted by Crippen LogP contribution is 1.66. The molecular formula is C4H13ClN2O. The van der Waals surface area contributed by atoms with Crippen LogP contribution in [0.5, 0.6) is 0 Å². The smallest absolute Gasteiger partial charge is 0.0335 e. The maximum Gasteiger partial charge on any atom is 0.0335 e. The molecule has 0 heterocycles. The molecule has 0 radical (unpaired) electrons. The van der Waals surface area contributed by atoms with Crippen LogP contribution in [0, 0.1) is 0 Å². The van der Waals surface area contributed by atoms with Gasteiger partial charge in [-0.3, -0.25) is 0 Å². The van der Waals surface area contributed by atoms with Crippen molar-refractivity contribution in [1.82, 2.24) is 10.4 Å². The summed E-state index contributed by atoms with van der Waals surface area (Å²) in [6.07, 6.45) is 0. The van der Waals surface area contributed by atoms with Crippen LogP contribution >= 0.6 is 12.4 Å². The van der Waals surface area contributed by atoms with Crippen LogP contribution in [0.2, 0.25) is 0 Å². The Morgan fingerprint density at radius 1 is 1.50 bits per heavy atom. The van der Waals surface area contributed by atoms with E-state index in [1.54, 1.807) is 0 Å². The number of hydrogen-bond donors (Lipinski definition) is 2. The predicted octanol–water partition coefficient (Wildman–Crippen LogP) is -0.0514. The molecule has 0 bridgehead atoms. The quantitative estimate of drug-likeness (QED) is 0.540. The zero-order valence-electron chi connectivity index (χ0n) is 5.22. The third-order valence-electron chi connectivity index (χ3n) is 0.671. The van der Waals surface area contributed by atoms with Gasteiger partial charge < -0.3 is 10.1 Å². The molecule has 0 rings (SSSR count). The summed E-state index contributed by atoms with van der Waals surface area (Å²) < 4.78 is 0. The number of rotatable bonds is 3. The maximum absolute atomic E-state index is 8.04. The van der Waals surface area contributed by atoms with Crippen LogP contribution < -0.4 is 5.48 Å². The first-order chi connectivity index (χ1) is 3.27. The van der Waals surface area contributed by atoms with Crippen LogP contribution in [0.1, 0.15) is 0 Å². The number of hydrogen-bond acceptors (Lipinski definition) is 3. The molecular weight excluding hydrogens is 128 g/mol. The fraction of sp³-hybridized carbons (Fsp3) is 1.00. The molecule has 52 valence electrons. The number of nitrogens with one attached hydrogen (secondary N) is 1. The lowest BCUT2D eigenvalue weighted by Crippen LogP contribution is -2.23.